The zero-order chi connectivity index (χ0) is 10.5. The Balaban J connectivity index is 0.00000128. The first-order valence-electron chi connectivity index (χ1n) is 4.69. The van der Waals surface area contributed by atoms with Gasteiger partial charge in [-0.25, -0.2) is 0 Å². The van der Waals surface area contributed by atoms with Crippen LogP contribution in [0.1, 0.15) is 10.4 Å². The third-order valence-electron chi connectivity index (χ3n) is 1.98. The average Bonchev–Trinajstić information content (AvgIpc) is 2.31. The number of hydrogen-bond donors (Lipinski definition) is 1. The largest absolute Gasteiger partial charge is 1.00 e. The fourth-order valence-corrected chi connectivity index (χ4v) is 1.24. The Labute approximate surface area is 111 Å². The number of carbonyl (C=O) groups excluding carboxylic acids is 1. The highest BCUT2D eigenvalue weighted by atomic mass is 127. The topological polar surface area (TPSA) is 33.0 Å². The van der Waals surface area contributed by atoms with Crippen molar-refractivity contribution in [3.8, 4) is 0 Å². The van der Waals surface area contributed by atoms with Crippen LogP contribution in [0, 0.1) is 0 Å². The van der Waals surface area contributed by atoms with Crippen molar-refractivity contribution >= 4 is 5.91 Å². The first-order valence-corrected chi connectivity index (χ1v) is 4.69. The lowest BCUT2D eigenvalue weighted by Crippen LogP contribution is -3.00. The Morgan fingerprint density at radius 2 is 1.50 bits per heavy atom. The second kappa shape index (κ2) is 6.22. The number of nitrogens with one attached hydrogen (secondary N) is 1. The molecule has 0 fully saturated rings. The summed E-state index contributed by atoms with van der Waals surface area (Å²) in [6.45, 7) is 0. The molecule has 82 valence electrons. The normalized spacial score (nSPS) is 9.00. The van der Waals surface area contributed by atoms with E-state index in [0.717, 1.165) is 0 Å². The molecule has 0 saturated carbocycles. The molecule has 0 bridgehead atoms. The Morgan fingerprint density at radius 3 is 2.12 bits per heavy atom. The van der Waals surface area contributed by atoms with E-state index in [-0.39, 0.29) is 29.9 Å². The van der Waals surface area contributed by atoms with Crippen LogP contribution in [-0.2, 0) is 0 Å². The quantitative estimate of drug-likeness (QED) is 0.521. The highest BCUT2D eigenvalue weighted by molar-refractivity contribution is 5.98. The summed E-state index contributed by atoms with van der Waals surface area (Å²) in [5, 5.41) is 0. The third kappa shape index (κ3) is 3.30. The van der Waals surface area contributed by atoms with Gasteiger partial charge in [0.15, 0.2) is 12.4 Å². The maximum Gasteiger partial charge on any atom is 0.305 e. The van der Waals surface area contributed by atoms with Crippen LogP contribution in [0.2, 0.25) is 0 Å². The van der Waals surface area contributed by atoms with Gasteiger partial charge in [-0.15, -0.1) is 5.43 Å². The van der Waals surface area contributed by atoms with Crippen molar-refractivity contribution in [1.29, 1.82) is 0 Å². The number of carbonyl (C=O) groups is 1. The van der Waals surface area contributed by atoms with Crippen LogP contribution < -0.4 is 34.1 Å². The molecule has 0 radical (unpaired) electrons. The smallest absolute Gasteiger partial charge is 0.305 e. The molecule has 0 saturated heterocycles. The standard InChI is InChI=1S/C12H10N2O.HI/c15-12(11-7-3-1-4-8-11)13-14-9-5-2-6-10-14;/h1-10H;1H. The molecule has 16 heavy (non-hydrogen) atoms. The molecule has 2 aromatic rings. The van der Waals surface area contributed by atoms with E-state index < -0.39 is 0 Å². The van der Waals surface area contributed by atoms with Gasteiger partial charge in [-0.1, -0.05) is 28.9 Å². The van der Waals surface area contributed by atoms with E-state index in [4.69, 9.17) is 0 Å². The SMILES string of the molecule is O=C(N[n+]1ccccc1)c1ccccc1.[I-]. The zero-order valence-electron chi connectivity index (χ0n) is 8.51. The van der Waals surface area contributed by atoms with E-state index in [1.165, 1.54) is 0 Å². The van der Waals surface area contributed by atoms with Crippen LogP contribution in [0.3, 0.4) is 0 Å². The van der Waals surface area contributed by atoms with Crippen molar-refractivity contribution in [2.75, 3.05) is 5.43 Å². The van der Waals surface area contributed by atoms with E-state index in [9.17, 15) is 4.79 Å². The molecule has 0 unspecified atom stereocenters. The predicted molar refractivity (Wildman–Crippen MR) is 56.8 cm³/mol. The molecule has 4 heteroatoms. The molecule has 1 aromatic heterocycles. The maximum absolute atomic E-state index is 11.7. The molecule has 3 nitrogen and oxygen atoms in total. The molecule has 0 aliphatic rings. The van der Waals surface area contributed by atoms with Gasteiger partial charge < -0.3 is 24.0 Å². The van der Waals surface area contributed by atoms with Gasteiger partial charge >= 0.3 is 5.91 Å². The molecular weight excluding hydrogens is 315 g/mol. The molecule has 1 aromatic carbocycles. The summed E-state index contributed by atoms with van der Waals surface area (Å²) < 4.78 is 1.62. The zero-order valence-corrected chi connectivity index (χ0v) is 10.7. The van der Waals surface area contributed by atoms with Gasteiger partial charge in [0.25, 0.3) is 0 Å². The second-order valence-electron chi connectivity index (χ2n) is 3.09. The summed E-state index contributed by atoms with van der Waals surface area (Å²) in [6, 6.07) is 14.7. The molecule has 1 amide bonds. The highest BCUT2D eigenvalue weighted by Gasteiger charge is 2.08. The van der Waals surface area contributed by atoms with Crippen molar-refractivity contribution < 1.29 is 33.4 Å². The van der Waals surface area contributed by atoms with E-state index in [0.29, 0.717) is 5.56 Å². The minimum absolute atomic E-state index is 0. The first kappa shape index (κ1) is 12.6. The third-order valence-corrected chi connectivity index (χ3v) is 1.98. The number of hydrogen-bond acceptors (Lipinski definition) is 1. The number of benzene rings is 1. The number of pyridine rings is 1. The van der Waals surface area contributed by atoms with Crippen LogP contribution in [0.25, 0.3) is 0 Å². The molecule has 0 aliphatic heterocycles. The monoisotopic (exact) mass is 326 g/mol. The summed E-state index contributed by atoms with van der Waals surface area (Å²) in [6.07, 6.45) is 3.56. The summed E-state index contributed by atoms with van der Waals surface area (Å²) >= 11 is 0. The van der Waals surface area contributed by atoms with Crippen LogP contribution in [0.4, 0.5) is 0 Å². The fourth-order valence-electron chi connectivity index (χ4n) is 1.24. The van der Waals surface area contributed by atoms with Gasteiger partial charge in [0.05, 0.1) is 0 Å². The van der Waals surface area contributed by atoms with Gasteiger partial charge in [-0.05, 0) is 12.1 Å². The van der Waals surface area contributed by atoms with E-state index in [1.54, 1.807) is 29.2 Å². The van der Waals surface area contributed by atoms with E-state index in [2.05, 4.69) is 5.43 Å². The number of aromatic nitrogens is 1. The van der Waals surface area contributed by atoms with Crippen molar-refractivity contribution in [2.45, 2.75) is 0 Å². The summed E-state index contributed by atoms with van der Waals surface area (Å²) in [5.74, 6) is -0.119. The van der Waals surface area contributed by atoms with Crippen molar-refractivity contribution in [1.82, 2.24) is 0 Å². The van der Waals surface area contributed by atoms with E-state index in [1.807, 2.05) is 36.4 Å². The Hall–Kier alpha value is -1.43. The van der Waals surface area contributed by atoms with Crippen LogP contribution in [0.15, 0.2) is 60.9 Å². The van der Waals surface area contributed by atoms with Gasteiger partial charge in [0, 0.05) is 17.7 Å². The summed E-state index contributed by atoms with van der Waals surface area (Å²) in [4.78, 5) is 11.7. The van der Waals surface area contributed by atoms with Gasteiger partial charge in [-0.2, -0.15) is 0 Å². The minimum Gasteiger partial charge on any atom is -1.00 e. The highest BCUT2D eigenvalue weighted by Crippen LogP contribution is 1.97. The van der Waals surface area contributed by atoms with Crippen molar-refractivity contribution in [3.05, 3.63) is 66.5 Å². The van der Waals surface area contributed by atoms with Crippen molar-refractivity contribution in [2.24, 2.45) is 0 Å². The van der Waals surface area contributed by atoms with Gasteiger partial charge in [0.2, 0.25) is 0 Å². The van der Waals surface area contributed by atoms with Crippen LogP contribution in [-0.4, -0.2) is 5.91 Å². The minimum atomic E-state index is -0.119. The van der Waals surface area contributed by atoms with Gasteiger partial charge in [-0.3, -0.25) is 4.79 Å². The number of amides is 1. The summed E-state index contributed by atoms with van der Waals surface area (Å²) in [7, 11) is 0. The van der Waals surface area contributed by atoms with Crippen LogP contribution >= 0.6 is 0 Å². The lowest BCUT2D eigenvalue weighted by molar-refractivity contribution is -0.641. The average molecular weight is 326 g/mol. The lowest BCUT2D eigenvalue weighted by Gasteiger charge is -1.98. The van der Waals surface area contributed by atoms with Crippen LogP contribution in [0.5, 0.6) is 0 Å². The Kier molecular flexibility index (Phi) is 4.91. The van der Waals surface area contributed by atoms with E-state index >= 15 is 0 Å². The van der Waals surface area contributed by atoms with Crippen molar-refractivity contribution in [3.63, 3.8) is 0 Å². The first-order chi connectivity index (χ1) is 7.36. The maximum atomic E-state index is 11.7. The molecule has 0 atom stereocenters. The molecule has 1 N–H and O–H groups in total. The molecular formula is C12H11IN2O. The molecule has 1 heterocycles. The Bertz CT molecular complexity index is 445. The number of halogens is 1. The predicted octanol–water partition coefficient (Wildman–Crippen LogP) is -1.64. The molecule has 0 spiro atoms. The lowest BCUT2D eigenvalue weighted by atomic mass is 10.2. The molecule has 2 rings (SSSR count). The van der Waals surface area contributed by atoms with Gasteiger partial charge in [0.1, 0.15) is 0 Å². The number of nitrogens with zero attached hydrogens (tertiary/aromatic N) is 1. The number of rotatable bonds is 2. The fraction of sp³-hybridized carbons (Fsp3) is 0. The second-order valence-corrected chi connectivity index (χ2v) is 3.09. The molecule has 0 aliphatic carbocycles. The Morgan fingerprint density at radius 1 is 0.938 bits per heavy atom. The summed E-state index contributed by atoms with van der Waals surface area (Å²) in [5.41, 5.74) is 3.38.